The van der Waals surface area contributed by atoms with E-state index < -0.39 is 30.0 Å². The predicted molar refractivity (Wildman–Crippen MR) is 136 cm³/mol. The van der Waals surface area contributed by atoms with E-state index in [0.29, 0.717) is 34.0 Å². The maximum atomic E-state index is 13.4. The topological polar surface area (TPSA) is 97.0 Å². The molecule has 4 rings (SSSR count). The summed E-state index contributed by atoms with van der Waals surface area (Å²) >= 11 is 5.96. The van der Waals surface area contributed by atoms with Crippen LogP contribution >= 0.6 is 11.6 Å². The first-order chi connectivity index (χ1) is 17.9. The number of anilines is 1. The van der Waals surface area contributed by atoms with Crippen molar-refractivity contribution in [3.63, 3.8) is 0 Å². The second-order valence-electron chi connectivity index (χ2n) is 8.37. The van der Waals surface area contributed by atoms with E-state index in [4.69, 9.17) is 21.1 Å². The Labute approximate surface area is 218 Å². The Bertz CT molecular complexity index is 1270. The van der Waals surface area contributed by atoms with Crippen LogP contribution in [0, 0.1) is 5.82 Å². The number of hydrogen-bond donors (Lipinski definition) is 2. The van der Waals surface area contributed by atoms with Crippen molar-refractivity contribution < 1.29 is 28.2 Å². The molecule has 3 amide bonds. The highest BCUT2D eigenvalue weighted by Crippen LogP contribution is 2.34. The van der Waals surface area contributed by atoms with Crippen LogP contribution in [0.3, 0.4) is 0 Å². The standard InChI is InChI=1S/C27H25ClFN3O5/c1-36-14-13-30-26(34)23-24(37-27(35)32(23)16-17-5-9-21(29)10-6-17)18-7-11-22(12-8-18)31-25(33)19-3-2-4-20(28)15-19/h2-12,15,23-24H,13-14,16H2,1H3,(H,30,34)(H,31,33). The Kier molecular flexibility index (Phi) is 8.37. The van der Waals surface area contributed by atoms with E-state index in [0.717, 1.165) is 0 Å². The van der Waals surface area contributed by atoms with Crippen LogP contribution in [0.2, 0.25) is 5.02 Å². The van der Waals surface area contributed by atoms with Crippen molar-refractivity contribution in [2.24, 2.45) is 0 Å². The minimum atomic E-state index is -0.971. The lowest BCUT2D eigenvalue weighted by Crippen LogP contribution is -2.47. The molecule has 37 heavy (non-hydrogen) atoms. The third kappa shape index (κ3) is 6.44. The van der Waals surface area contributed by atoms with Gasteiger partial charge >= 0.3 is 6.09 Å². The fourth-order valence-electron chi connectivity index (χ4n) is 3.97. The molecule has 192 valence electrons. The second-order valence-corrected chi connectivity index (χ2v) is 8.81. The number of amides is 3. The molecular formula is C27H25ClFN3O5. The van der Waals surface area contributed by atoms with Gasteiger partial charge in [0.15, 0.2) is 12.1 Å². The molecule has 2 atom stereocenters. The number of halogens is 2. The van der Waals surface area contributed by atoms with Gasteiger partial charge in [0.05, 0.1) is 13.2 Å². The van der Waals surface area contributed by atoms with E-state index >= 15 is 0 Å². The normalized spacial score (nSPS) is 16.8. The number of hydrogen-bond acceptors (Lipinski definition) is 5. The van der Waals surface area contributed by atoms with Crippen molar-refractivity contribution in [2.75, 3.05) is 25.6 Å². The van der Waals surface area contributed by atoms with E-state index in [1.54, 1.807) is 60.7 Å². The van der Waals surface area contributed by atoms with Crippen LogP contribution < -0.4 is 10.6 Å². The quantitative estimate of drug-likeness (QED) is 0.399. The summed E-state index contributed by atoms with van der Waals surface area (Å²) in [6.07, 6.45) is -1.56. The van der Waals surface area contributed by atoms with E-state index in [-0.39, 0.29) is 19.0 Å². The minimum Gasteiger partial charge on any atom is -0.438 e. The number of nitrogens with zero attached hydrogens (tertiary/aromatic N) is 1. The molecule has 2 N–H and O–H groups in total. The number of methoxy groups -OCH3 is 1. The van der Waals surface area contributed by atoms with Gasteiger partial charge in [-0.15, -0.1) is 0 Å². The van der Waals surface area contributed by atoms with Crippen LogP contribution in [0.15, 0.2) is 72.8 Å². The average Bonchev–Trinajstić information content (AvgIpc) is 3.21. The summed E-state index contributed by atoms with van der Waals surface area (Å²) in [6.45, 7) is 0.619. The lowest BCUT2D eigenvalue weighted by molar-refractivity contribution is -0.126. The predicted octanol–water partition coefficient (Wildman–Crippen LogP) is 4.56. The fourth-order valence-corrected chi connectivity index (χ4v) is 4.16. The Hall–Kier alpha value is -3.95. The number of rotatable bonds is 9. The number of ether oxygens (including phenoxy) is 2. The zero-order chi connectivity index (χ0) is 26.4. The first-order valence-corrected chi connectivity index (χ1v) is 11.9. The molecule has 0 aliphatic carbocycles. The molecule has 0 bridgehead atoms. The summed E-state index contributed by atoms with van der Waals surface area (Å²) in [5, 5.41) is 6.00. The van der Waals surface area contributed by atoms with Gasteiger partial charge in [-0.25, -0.2) is 9.18 Å². The molecule has 0 aromatic heterocycles. The molecule has 1 saturated heterocycles. The summed E-state index contributed by atoms with van der Waals surface area (Å²) in [5.41, 5.74) is 2.14. The molecule has 1 aliphatic rings. The summed E-state index contributed by atoms with van der Waals surface area (Å²) < 4.78 is 24.0. The van der Waals surface area contributed by atoms with Crippen molar-refractivity contribution >= 4 is 35.2 Å². The van der Waals surface area contributed by atoms with Crippen LogP contribution in [0.5, 0.6) is 0 Å². The number of nitrogens with one attached hydrogen (secondary N) is 2. The van der Waals surface area contributed by atoms with Gasteiger partial charge in [-0.2, -0.15) is 0 Å². The van der Waals surface area contributed by atoms with E-state index in [2.05, 4.69) is 10.6 Å². The van der Waals surface area contributed by atoms with Gasteiger partial charge in [-0.05, 0) is 53.6 Å². The van der Waals surface area contributed by atoms with Crippen LogP contribution in [-0.2, 0) is 20.8 Å². The first kappa shape index (κ1) is 26.1. The molecule has 0 radical (unpaired) electrons. The van der Waals surface area contributed by atoms with Crippen LogP contribution in [0.1, 0.15) is 27.6 Å². The Morgan fingerprint density at radius 2 is 1.81 bits per heavy atom. The van der Waals surface area contributed by atoms with E-state index in [9.17, 15) is 18.8 Å². The zero-order valence-electron chi connectivity index (χ0n) is 19.9. The molecule has 3 aromatic carbocycles. The highest BCUT2D eigenvalue weighted by molar-refractivity contribution is 6.31. The maximum absolute atomic E-state index is 13.4. The molecule has 3 aromatic rings. The van der Waals surface area contributed by atoms with Gasteiger partial charge in [0, 0.05) is 29.9 Å². The molecule has 0 saturated carbocycles. The fraction of sp³-hybridized carbons (Fsp3) is 0.222. The van der Waals surface area contributed by atoms with Gasteiger partial charge in [0.25, 0.3) is 5.91 Å². The van der Waals surface area contributed by atoms with Gasteiger partial charge in [0.2, 0.25) is 5.91 Å². The summed E-state index contributed by atoms with van der Waals surface area (Å²) in [5.74, 6) is -1.14. The summed E-state index contributed by atoms with van der Waals surface area (Å²) in [4.78, 5) is 39.8. The molecule has 0 spiro atoms. The number of benzene rings is 3. The Morgan fingerprint density at radius 1 is 1.08 bits per heavy atom. The second kappa shape index (κ2) is 11.9. The van der Waals surface area contributed by atoms with Gasteiger partial charge < -0.3 is 20.1 Å². The van der Waals surface area contributed by atoms with Gasteiger partial charge in [-0.1, -0.05) is 41.9 Å². The lowest BCUT2D eigenvalue weighted by atomic mass is 10.00. The van der Waals surface area contributed by atoms with Crippen molar-refractivity contribution in [1.82, 2.24) is 10.2 Å². The molecule has 10 heteroatoms. The molecule has 1 fully saturated rings. The Balaban J connectivity index is 1.53. The molecule has 1 heterocycles. The minimum absolute atomic E-state index is 0.0613. The first-order valence-electron chi connectivity index (χ1n) is 11.5. The molecule has 8 nitrogen and oxygen atoms in total. The van der Waals surface area contributed by atoms with Crippen LogP contribution in [0.4, 0.5) is 14.9 Å². The van der Waals surface area contributed by atoms with Crippen molar-refractivity contribution in [3.05, 3.63) is 100 Å². The third-order valence-corrected chi connectivity index (χ3v) is 6.04. The monoisotopic (exact) mass is 525 g/mol. The molecule has 2 unspecified atom stereocenters. The number of carbonyl (C=O) groups is 3. The van der Waals surface area contributed by atoms with Crippen molar-refractivity contribution in [3.8, 4) is 0 Å². The van der Waals surface area contributed by atoms with Gasteiger partial charge in [-0.3, -0.25) is 14.5 Å². The lowest BCUT2D eigenvalue weighted by Gasteiger charge is -2.24. The van der Waals surface area contributed by atoms with E-state index in [1.165, 1.54) is 24.1 Å². The van der Waals surface area contributed by atoms with Crippen LogP contribution in [0.25, 0.3) is 0 Å². The highest BCUT2D eigenvalue weighted by Gasteiger charge is 2.46. The number of carbonyl (C=O) groups excluding carboxylic acids is 3. The van der Waals surface area contributed by atoms with Crippen LogP contribution in [-0.4, -0.2) is 49.1 Å². The van der Waals surface area contributed by atoms with E-state index in [1.807, 2.05) is 0 Å². The average molecular weight is 526 g/mol. The highest BCUT2D eigenvalue weighted by atomic mass is 35.5. The largest absolute Gasteiger partial charge is 0.438 e. The van der Waals surface area contributed by atoms with Crippen molar-refractivity contribution in [2.45, 2.75) is 18.7 Å². The smallest absolute Gasteiger partial charge is 0.411 e. The number of cyclic esters (lactones) is 1. The third-order valence-electron chi connectivity index (χ3n) is 5.81. The van der Waals surface area contributed by atoms with Crippen molar-refractivity contribution in [1.29, 1.82) is 0 Å². The summed E-state index contributed by atoms with van der Waals surface area (Å²) in [7, 11) is 1.52. The Morgan fingerprint density at radius 3 is 2.49 bits per heavy atom. The maximum Gasteiger partial charge on any atom is 0.411 e. The SMILES string of the molecule is COCCNC(=O)C1C(c2ccc(NC(=O)c3cccc(Cl)c3)cc2)OC(=O)N1Cc1ccc(F)cc1. The molecule has 1 aliphatic heterocycles. The zero-order valence-corrected chi connectivity index (χ0v) is 20.7. The van der Waals surface area contributed by atoms with Gasteiger partial charge in [0.1, 0.15) is 5.82 Å². The molecular weight excluding hydrogens is 501 g/mol. The summed E-state index contributed by atoms with van der Waals surface area (Å²) in [6, 6.07) is 18.0.